The average molecular weight is 633 g/mol. The van der Waals surface area contributed by atoms with Crippen LogP contribution >= 0.6 is 31.9 Å². The van der Waals surface area contributed by atoms with Crippen LogP contribution in [0, 0.1) is 0 Å². The second kappa shape index (κ2) is 11.8. The highest BCUT2D eigenvalue weighted by molar-refractivity contribution is 9.10. The van der Waals surface area contributed by atoms with Crippen molar-refractivity contribution < 1.29 is 9.47 Å². The molecule has 38 heavy (non-hydrogen) atoms. The third-order valence-corrected chi connectivity index (χ3v) is 6.85. The lowest BCUT2D eigenvalue weighted by molar-refractivity contribution is 0.267. The van der Waals surface area contributed by atoms with Crippen LogP contribution in [0.4, 0.5) is 0 Å². The molecule has 0 saturated carbocycles. The summed E-state index contributed by atoms with van der Waals surface area (Å²) in [5.74, 6) is 1.64. The summed E-state index contributed by atoms with van der Waals surface area (Å²) in [7, 11) is 0. The first kappa shape index (κ1) is 25.9. The monoisotopic (exact) mass is 631 g/mol. The van der Waals surface area contributed by atoms with Crippen LogP contribution in [0.1, 0.15) is 18.1 Å². The molecule has 8 heteroatoms. The summed E-state index contributed by atoms with van der Waals surface area (Å²) >= 11 is 7.08. The van der Waals surface area contributed by atoms with Crippen molar-refractivity contribution in [1.29, 1.82) is 0 Å². The Morgan fingerprint density at radius 2 is 1.66 bits per heavy atom. The second-order valence-electron chi connectivity index (χ2n) is 8.36. The molecule has 1 aromatic heterocycles. The molecular formula is C30H23Br2N3O3. The molecule has 1 heterocycles. The summed E-state index contributed by atoms with van der Waals surface area (Å²) in [6.45, 7) is 2.77. The zero-order valence-electron chi connectivity index (χ0n) is 20.5. The molecule has 0 saturated heterocycles. The van der Waals surface area contributed by atoms with Gasteiger partial charge in [0, 0.05) is 10.0 Å². The number of nitrogens with zero attached hydrogens (tertiary/aromatic N) is 3. The van der Waals surface area contributed by atoms with Gasteiger partial charge in [0.15, 0.2) is 17.3 Å². The van der Waals surface area contributed by atoms with Gasteiger partial charge < -0.3 is 9.47 Å². The molecule has 0 unspecified atom stereocenters. The summed E-state index contributed by atoms with van der Waals surface area (Å²) in [6.07, 6.45) is 1.62. The Bertz CT molecular complexity index is 1670. The first-order valence-corrected chi connectivity index (χ1v) is 13.6. The van der Waals surface area contributed by atoms with Crippen molar-refractivity contribution in [2.75, 3.05) is 6.61 Å². The zero-order chi connectivity index (χ0) is 26.5. The molecule has 0 amide bonds. The van der Waals surface area contributed by atoms with Gasteiger partial charge in [0.1, 0.15) is 6.61 Å². The van der Waals surface area contributed by atoms with Gasteiger partial charge in [-0.3, -0.25) is 4.79 Å². The van der Waals surface area contributed by atoms with Gasteiger partial charge in [-0.2, -0.15) is 9.78 Å². The van der Waals surface area contributed by atoms with E-state index in [0.29, 0.717) is 45.9 Å². The lowest BCUT2D eigenvalue weighted by Gasteiger charge is -2.15. The maximum atomic E-state index is 13.4. The third-order valence-electron chi connectivity index (χ3n) is 5.74. The van der Waals surface area contributed by atoms with Gasteiger partial charge in [0.25, 0.3) is 5.56 Å². The van der Waals surface area contributed by atoms with Gasteiger partial charge in [-0.25, -0.2) is 4.98 Å². The lowest BCUT2D eigenvalue weighted by Crippen LogP contribution is -2.20. The molecule has 0 spiro atoms. The number of rotatable bonds is 8. The van der Waals surface area contributed by atoms with Crippen molar-refractivity contribution in [3.63, 3.8) is 0 Å². The van der Waals surface area contributed by atoms with Gasteiger partial charge in [-0.1, -0.05) is 70.5 Å². The molecule has 0 aliphatic carbocycles. The van der Waals surface area contributed by atoms with E-state index in [2.05, 4.69) is 37.0 Å². The highest BCUT2D eigenvalue weighted by atomic mass is 79.9. The summed E-state index contributed by atoms with van der Waals surface area (Å²) < 4.78 is 15.1. The number of hydrogen-bond acceptors (Lipinski definition) is 5. The van der Waals surface area contributed by atoms with E-state index >= 15 is 0 Å². The summed E-state index contributed by atoms with van der Waals surface area (Å²) in [4.78, 5) is 18.2. The number of aromatic nitrogens is 2. The maximum absolute atomic E-state index is 13.4. The van der Waals surface area contributed by atoms with Crippen molar-refractivity contribution in [2.24, 2.45) is 5.10 Å². The van der Waals surface area contributed by atoms with Crippen LogP contribution in [0.2, 0.25) is 0 Å². The molecule has 0 bridgehead atoms. The fourth-order valence-electron chi connectivity index (χ4n) is 3.93. The fraction of sp³-hybridized carbons (Fsp3) is 0.100. The number of para-hydroxylation sites is 1. The SMILES string of the molecule is CCOc1cc(C=Nn2c(-c3ccccc3)nc3ccccc3c2=O)cc(Br)c1OCc1ccc(Br)cc1. The first-order valence-electron chi connectivity index (χ1n) is 12.0. The molecule has 0 N–H and O–H groups in total. The molecule has 190 valence electrons. The Morgan fingerprint density at radius 1 is 0.921 bits per heavy atom. The number of fused-ring (bicyclic) bond motifs is 1. The van der Waals surface area contributed by atoms with Crippen LogP contribution in [0.15, 0.2) is 110 Å². The standard InChI is InChI=1S/C30H23Br2N3O3/c1-2-37-27-17-21(16-25(32)28(27)38-19-20-12-14-23(31)15-13-20)18-33-35-29(22-8-4-3-5-9-22)34-26-11-7-6-10-24(26)30(35)36/h3-18H,2,19H2,1H3. The van der Waals surface area contributed by atoms with E-state index in [1.807, 2.05) is 91.9 Å². The van der Waals surface area contributed by atoms with Crippen LogP contribution < -0.4 is 15.0 Å². The smallest absolute Gasteiger partial charge is 0.282 e. The third kappa shape index (κ3) is 5.71. The van der Waals surface area contributed by atoms with E-state index in [0.717, 1.165) is 21.2 Å². The minimum Gasteiger partial charge on any atom is -0.490 e. The van der Waals surface area contributed by atoms with Gasteiger partial charge in [0.2, 0.25) is 0 Å². The Morgan fingerprint density at radius 3 is 2.42 bits per heavy atom. The summed E-state index contributed by atoms with van der Waals surface area (Å²) in [5.41, 5.74) is 2.93. The summed E-state index contributed by atoms with van der Waals surface area (Å²) in [5, 5.41) is 5.07. The van der Waals surface area contributed by atoms with Crippen LogP contribution in [0.25, 0.3) is 22.3 Å². The van der Waals surface area contributed by atoms with E-state index < -0.39 is 0 Å². The Balaban J connectivity index is 1.52. The number of benzene rings is 4. The molecule has 6 nitrogen and oxygen atoms in total. The Labute approximate surface area is 236 Å². The van der Waals surface area contributed by atoms with Crippen molar-refractivity contribution in [3.05, 3.63) is 121 Å². The second-order valence-corrected chi connectivity index (χ2v) is 10.1. The molecule has 0 aliphatic rings. The van der Waals surface area contributed by atoms with Crippen LogP contribution in [0.5, 0.6) is 11.5 Å². The minimum absolute atomic E-state index is 0.246. The van der Waals surface area contributed by atoms with E-state index in [-0.39, 0.29) is 5.56 Å². The fourth-order valence-corrected chi connectivity index (χ4v) is 4.77. The maximum Gasteiger partial charge on any atom is 0.282 e. The first-order chi connectivity index (χ1) is 18.5. The van der Waals surface area contributed by atoms with Gasteiger partial charge >= 0.3 is 0 Å². The quantitative estimate of drug-likeness (QED) is 0.167. The van der Waals surface area contributed by atoms with Gasteiger partial charge in [-0.05, 0) is 70.4 Å². The molecule has 0 aliphatic heterocycles. The number of ether oxygens (including phenoxy) is 2. The Hall–Kier alpha value is -3.75. The minimum atomic E-state index is -0.246. The van der Waals surface area contributed by atoms with Crippen molar-refractivity contribution in [2.45, 2.75) is 13.5 Å². The van der Waals surface area contributed by atoms with Crippen molar-refractivity contribution >= 4 is 49.0 Å². The normalized spacial score (nSPS) is 11.2. The Kier molecular flexibility index (Phi) is 8.00. The van der Waals surface area contributed by atoms with Gasteiger partial charge in [-0.15, -0.1) is 0 Å². The average Bonchev–Trinajstić information content (AvgIpc) is 2.93. The molecule has 0 radical (unpaired) electrons. The molecular weight excluding hydrogens is 610 g/mol. The molecule has 0 fully saturated rings. The molecule has 0 atom stereocenters. The largest absolute Gasteiger partial charge is 0.490 e. The van der Waals surface area contributed by atoms with Crippen LogP contribution in [0.3, 0.4) is 0 Å². The van der Waals surface area contributed by atoms with E-state index in [4.69, 9.17) is 14.5 Å². The van der Waals surface area contributed by atoms with Crippen LogP contribution in [-0.2, 0) is 6.61 Å². The predicted molar refractivity (Wildman–Crippen MR) is 158 cm³/mol. The van der Waals surface area contributed by atoms with Crippen LogP contribution in [-0.4, -0.2) is 22.5 Å². The molecule has 4 aromatic carbocycles. The molecule has 5 aromatic rings. The van der Waals surface area contributed by atoms with E-state index in [9.17, 15) is 4.79 Å². The van der Waals surface area contributed by atoms with Gasteiger partial charge in [0.05, 0.1) is 28.2 Å². The van der Waals surface area contributed by atoms with E-state index in [1.54, 1.807) is 12.3 Å². The topological polar surface area (TPSA) is 65.7 Å². The van der Waals surface area contributed by atoms with Crippen molar-refractivity contribution in [3.8, 4) is 22.9 Å². The lowest BCUT2D eigenvalue weighted by atomic mass is 10.2. The zero-order valence-corrected chi connectivity index (χ0v) is 23.6. The highest BCUT2D eigenvalue weighted by Gasteiger charge is 2.14. The number of halogens is 2. The predicted octanol–water partition coefficient (Wildman–Crippen LogP) is 7.45. The van der Waals surface area contributed by atoms with E-state index in [1.165, 1.54) is 4.68 Å². The number of hydrogen-bond donors (Lipinski definition) is 0. The van der Waals surface area contributed by atoms with Crippen molar-refractivity contribution in [1.82, 2.24) is 9.66 Å². The molecule has 5 rings (SSSR count). The summed E-state index contributed by atoms with van der Waals surface area (Å²) in [6, 6.07) is 28.5. The highest BCUT2D eigenvalue weighted by Crippen LogP contribution is 2.37.